The Kier molecular flexibility index (Phi) is 4.23. The molecular weight excluding hydrogens is 260 g/mol. The van der Waals surface area contributed by atoms with Crippen LogP contribution in [0.5, 0.6) is 0 Å². The number of halogens is 1. The highest BCUT2D eigenvalue weighted by Gasteiger charge is 2.16. The molecular formula is C10H13BrN2O2. The summed E-state index contributed by atoms with van der Waals surface area (Å²) in [6.07, 6.45) is 0.962. The number of rotatable bonds is 3. The molecule has 1 rings (SSSR count). The third-order valence-electron chi connectivity index (χ3n) is 2.06. The van der Waals surface area contributed by atoms with Crippen molar-refractivity contribution in [2.75, 3.05) is 0 Å². The van der Waals surface area contributed by atoms with E-state index in [2.05, 4.69) is 26.2 Å². The first-order valence-corrected chi connectivity index (χ1v) is 5.41. The van der Waals surface area contributed by atoms with Crippen LogP contribution < -0.4 is 5.32 Å². The zero-order chi connectivity index (χ0) is 11.4. The van der Waals surface area contributed by atoms with Crippen LogP contribution in [0.15, 0.2) is 22.8 Å². The molecule has 1 heterocycles. The van der Waals surface area contributed by atoms with Crippen molar-refractivity contribution in [1.82, 2.24) is 10.3 Å². The fourth-order valence-corrected chi connectivity index (χ4v) is 1.38. The molecule has 0 saturated heterocycles. The first-order valence-electron chi connectivity index (χ1n) is 4.62. The van der Waals surface area contributed by atoms with Gasteiger partial charge in [-0.3, -0.25) is 4.79 Å². The molecule has 1 aromatic rings. The van der Waals surface area contributed by atoms with Crippen LogP contribution in [0.3, 0.4) is 0 Å². The molecule has 15 heavy (non-hydrogen) atoms. The van der Waals surface area contributed by atoms with Gasteiger partial charge in [0.25, 0.3) is 5.91 Å². The molecule has 82 valence electrons. The van der Waals surface area contributed by atoms with E-state index in [0.29, 0.717) is 10.2 Å². The van der Waals surface area contributed by atoms with Crippen LogP contribution in [-0.2, 0) is 0 Å². The van der Waals surface area contributed by atoms with E-state index >= 15 is 0 Å². The zero-order valence-corrected chi connectivity index (χ0v) is 10.2. The number of carbonyl (C=O) groups is 1. The van der Waals surface area contributed by atoms with Gasteiger partial charge < -0.3 is 10.4 Å². The Bertz CT molecular complexity index is 355. The molecule has 0 aliphatic rings. The first-order chi connectivity index (χ1) is 7.02. The summed E-state index contributed by atoms with van der Waals surface area (Å²) in [5.74, 6) is -0.295. The van der Waals surface area contributed by atoms with Gasteiger partial charge in [-0.15, -0.1) is 0 Å². The summed E-state index contributed by atoms with van der Waals surface area (Å²) in [6, 6.07) is 3.18. The number of aromatic nitrogens is 1. The molecule has 0 aliphatic carbocycles. The molecule has 2 unspecified atom stereocenters. The van der Waals surface area contributed by atoms with Gasteiger partial charge in [0.15, 0.2) is 0 Å². The quantitative estimate of drug-likeness (QED) is 0.873. The first kappa shape index (κ1) is 12.1. The molecule has 0 radical (unpaired) electrons. The van der Waals surface area contributed by atoms with E-state index in [4.69, 9.17) is 0 Å². The number of carbonyl (C=O) groups excluding carboxylic acids is 1. The lowest BCUT2D eigenvalue weighted by molar-refractivity contribution is 0.0868. The SMILES string of the molecule is CC(O)C(C)NC(=O)c1ncccc1Br. The van der Waals surface area contributed by atoms with Gasteiger partial charge >= 0.3 is 0 Å². The van der Waals surface area contributed by atoms with Gasteiger partial charge in [-0.05, 0) is 41.9 Å². The van der Waals surface area contributed by atoms with Crippen molar-refractivity contribution in [3.63, 3.8) is 0 Å². The minimum absolute atomic E-state index is 0.295. The van der Waals surface area contributed by atoms with Gasteiger partial charge in [-0.2, -0.15) is 0 Å². The van der Waals surface area contributed by atoms with Crippen molar-refractivity contribution in [2.24, 2.45) is 0 Å². The van der Waals surface area contributed by atoms with Gasteiger partial charge in [-0.1, -0.05) is 0 Å². The molecule has 0 aromatic carbocycles. The van der Waals surface area contributed by atoms with Gasteiger partial charge in [0.1, 0.15) is 5.69 Å². The number of aliphatic hydroxyl groups excluding tert-OH is 1. The average Bonchev–Trinajstić information content (AvgIpc) is 2.18. The molecule has 0 fully saturated rings. The minimum Gasteiger partial charge on any atom is -0.391 e. The molecule has 5 heteroatoms. The van der Waals surface area contributed by atoms with E-state index in [-0.39, 0.29) is 11.9 Å². The van der Waals surface area contributed by atoms with Crippen LogP contribution in [0.4, 0.5) is 0 Å². The molecule has 2 atom stereocenters. The second kappa shape index (κ2) is 5.23. The Morgan fingerprint density at radius 1 is 1.60 bits per heavy atom. The van der Waals surface area contributed by atoms with Crippen LogP contribution in [0.1, 0.15) is 24.3 Å². The van der Waals surface area contributed by atoms with E-state index in [0.717, 1.165) is 0 Å². The highest BCUT2D eigenvalue weighted by Crippen LogP contribution is 2.13. The van der Waals surface area contributed by atoms with Crippen LogP contribution in [-0.4, -0.2) is 28.1 Å². The largest absolute Gasteiger partial charge is 0.391 e. The van der Waals surface area contributed by atoms with Crippen LogP contribution in [0, 0.1) is 0 Å². The Morgan fingerprint density at radius 3 is 2.80 bits per heavy atom. The van der Waals surface area contributed by atoms with Gasteiger partial charge in [-0.25, -0.2) is 4.98 Å². The summed E-state index contributed by atoms with van der Waals surface area (Å²) in [4.78, 5) is 15.6. The fraction of sp³-hybridized carbons (Fsp3) is 0.400. The highest BCUT2D eigenvalue weighted by molar-refractivity contribution is 9.10. The smallest absolute Gasteiger partial charge is 0.271 e. The minimum atomic E-state index is -0.587. The van der Waals surface area contributed by atoms with Crippen molar-refractivity contribution in [3.8, 4) is 0 Å². The van der Waals surface area contributed by atoms with E-state index in [1.54, 1.807) is 32.2 Å². The summed E-state index contributed by atoms with van der Waals surface area (Å²) in [7, 11) is 0. The predicted octanol–water partition coefficient (Wildman–Crippen LogP) is 1.34. The molecule has 0 bridgehead atoms. The van der Waals surface area contributed by atoms with E-state index < -0.39 is 6.10 Å². The van der Waals surface area contributed by atoms with Gasteiger partial charge in [0.2, 0.25) is 0 Å². The summed E-state index contributed by atoms with van der Waals surface area (Å²) in [6.45, 7) is 3.36. The standard InChI is InChI=1S/C10H13BrN2O2/c1-6(7(2)14)13-10(15)9-8(11)4-3-5-12-9/h3-7,14H,1-2H3,(H,13,15). The second-order valence-corrected chi connectivity index (χ2v) is 4.19. The normalized spacial score (nSPS) is 14.4. The molecule has 4 nitrogen and oxygen atoms in total. The number of hydrogen-bond donors (Lipinski definition) is 2. The molecule has 0 saturated carbocycles. The Balaban J connectivity index is 2.74. The number of pyridine rings is 1. The highest BCUT2D eigenvalue weighted by atomic mass is 79.9. The zero-order valence-electron chi connectivity index (χ0n) is 8.57. The lowest BCUT2D eigenvalue weighted by Gasteiger charge is -2.16. The third-order valence-corrected chi connectivity index (χ3v) is 2.70. The summed E-state index contributed by atoms with van der Waals surface area (Å²) >= 11 is 3.24. The topological polar surface area (TPSA) is 62.2 Å². The van der Waals surface area contributed by atoms with Crippen molar-refractivity contribution in [1.29, 1.82) is 0 Å². The van der Waals surface area contributed by atoms with Crippen molar-refractivity contribution in [2.45, 2.75) is 26.0 Å². The molecule has 0 spiro atoms. The Labute approximate surface area is 96.8 Å². The maximum atomic E-state index is 11.7. The van der Waals surface area contributed by atoms with Crippen molar-refractivity contribution in [3.05, 3.63) is 28.5 Å². The predicted molar refractivity (Wildman–Crippen MR) is 60.5 cm³/mol. The lowest BCUT2D eigenvalue weighted by atomic mass is 10.2. The van der Waals surface area contributed by atoms with Crippen LogP contribution >= 0.6 is 15.9 Å². The van der Waals surface area contributed by atoms with E-state index in [1.165, 1.54) is 0 Å². The van der Waals surface area contributed by atoms with Gasteiger partial charge in [0, 0.05) is 10.7 Å². The third kappa shape index (κ3) is 3.28. The van der Waals surface area contributed by atoms with Crippen LogP contribution in [0.2, 0.25) is 0 Å². The Morgan fingerprint density at radius 2 is 2.27 bits per heavy atom. The van der Waals surface area contributed by atoms with Crippen molar-refractivity contribution < 1.29 is 9.90 Å². The summed E-state index contributed by atoms with van der Waals surface area (Å²) in [5.41, 5.74) is 0.324. The molecule has 0 aliphatic heterocycles. The maximum absolute atomic E-state index is 11.7. The maximum Gasteiger partial charge on any atom is 0.271 e. The van der Waals surface area contributed by atoms with Gasteiger partial charge in [0.05, 0.1) is 12.1 Å². The van der Waals surface area contributed by atoms with E-state index in [1.807, 2.05) is 0 Å². The lowest BCUT2D eigenvalue weighted by Crippen LogP contribution is -2.40. The number of aliphatic hydroxyl groups is 1. The second-order valence-electron chi connectivity index (χ2n) is 3.34. The molecule has 1 amide bonds. The Hall–Kier alpha value is -0.940. The molecule has 1 aromatic heterocycles. The number of amides is 1. The van der Waals surface area contributed by atoms with Crippen LogP contribution in [0.25, 0.3) is 0 Å². The number of hydrogen-bond acceptors (Lipinski definition) is 3. The summed E-state index contributed by atoms with van der Waals surface area (Å²) in [5, 5.41) is 11.9. The number of nitrogens with zero attached hydrogens (tertiary/aromatic N) is 1. The fourth-order valence-electron chi connectivity index (χ4n) is 0.949. The van der Waals surface area contributed by atoms with Crippen molar-refractivity contribution >= 4 is 21.8 Å². The number of nitrogens with one attached hydrogen (secondary N) is 1. The summed E-state index contributed by atoms with van der Waals surface area (Å²) < 4.78 is 0.639. The molecule has 2 N–H and O–H groups in total. The average molecular weight is 273 g/mol. The monoisotopic (exact) mass is 272 g/mol. The van der Waals surface area contributed by atoms with E-state index in [9.17, 15) is 9.90 Å².